The van der Waals surface area contributed by atoms with Gasteiger partial charge < -0.3 is 9.47 Å². The van der Waals surface area contributed by atoms with Crippen LogP contribution in [0.5, 0.6) is 23.0 Å². The molecule has 0 atom stereocenters. The molecule has 15 aromatic carbocycles. The van der Waals surface area contributed by atoms with E-state index in [0.717, 1.165) is 134 Å². The van der Waals surface area contributed by atoms with Crippen molar-refractivity contribution < 1.29 is 23.9 Å². The number of carbonyl (C=O) groups excluding carboxylic acids is 3. The summed E-state index contributed by atoms with van der Waals surface area (Å²) < 4.78 is 13.5. The van der Waals surface area contributed by atoms with Crippen LogP contribution in [-0.2, 0) is 14.4 Å². The lowest BCUT2D eigenvalue weighted by Gasteiger charge is -2.16. The molecule has 18 rings (SSSR count). The molecule has 518 valence electrons. The second-order valence-corrected chi connectivity index (χ2v) is 27.4. The zero-order valence-electron chi connectivity index (χ0n) is 59.8. The summed E-state index contributed by atoms with van der Waals surface area (Å²) in [4.78, 5) is 46.5. The Hall–Kier alpha value is -14.7. The number of Topliss-reactive ketones (excluding diaryl/α,β-unsaturated/α-hetero) is 3. The number of hydrogen-bond acceptors (Lipinski definition) is 5. The highest BCUT2D eigenvalue weighted by molar-refractivity contribution is 6.61. The topological polar surface area (TPSA) is 69.7 Å². The van der Waals surface area contributed by atoms with Gasteiger partial charge in [-0.15, -0.1) is 0 Å². The third-order valence-electron chi connectivity index (χ3n) is 20.8. The summed E-state index contributed by atoms with van der Waals surface area (Å²) in [5.74, 6) is 2.26. The molecule has 5 heteroatoms. The van der Waals surface area contributed by atoms with Crippen molar-refractivity contribution in [1.29, 1.82) is 0 Å². The van der Waals surface area contributed by atoms with Gasteiger partial charge in [0.1, 0.15) is 23.0 Å². The molecule has 110 heavy (non-hydrogen) atoms. The van der Waals surface area contributed by atoms with E-state index in [-0.39, 0.29) is 17.3 Å². The van der Waals surface area contributed by atoms with Crippen molar-refractivity contribution in [2.75, 3.05) is 0 Å². The minimum Gasteiger partial charge on any atom is -0.457 e. The number of ketones is 3. The maximum absolute atomic E-state index is 15.8. The van der Waals surface area contributed by atoms with E-state index in [9.17, 15) is 0 Å². The maximum atomic E-state index is 15.8. The van der Waals surface area contributed by atoms with Gasteiger partial charge in [0, 0.05) is 66.9 Å². The molecule has 3 aliphatic rings. The van der Waals surface area contributed by atoms with E-state index in [2.05, 4.69) is 133 Å². The van der Waals surface area contributed by atoms with E-state index in [4.69, 9.17) is 9.47 Å². The number of rotatable bonds is 19. The quantitative estimate of drug-likeness (QED) is 0.0807. The van der Waals surface area contributed by atoms with Gasteiger partial charge in [-0.2, -0.15) is 0 Å². The lowest BCUT2D eigenvalue weighted by molar-refractivity contribution is -0.109. The average molecular weight is 1410 g/mol. The molecule has 0 heterocycles. The molecule has 0 bridgehead atoms. The molecule has 0 N–H and O–H groups in total. The van der Waals surface area contributed by atoms with Gasteiger partial charge in [0.25, 0.3) is 0 Å². The Kier molecular flexibility index (Phi) is 18.2. The van der Waals surface area contributed by atoms with Crippen molar-refractivity contribution in [1.82, 2.24) is 0 Å². The minimum atomic E-state index is -0.0883. The molecule has 0 saturated heterocycles. The van der Waals surface area contributed by atoms with Crippen molar-refractivity contribution in [3.05, 3.63) is 479 Å². The standard InChI is InChI=1S/C105H68O5/c106-103-97(77-35-19-6-20-36-77)91(75-31-15-4-16-32-75)93(100(103)84-47-41-72(42-48-84)69-25-9-1-10-26-69)80-53-61-87(62-54-80)109-89-65-57-82(58-66-89)95-96(102(105(108)99(95)79-39-23-8-24-40-79)86-51-45-74(46-52-86)71-29-13-3-14-30-71)83-59-67-90(68-60-83)110-88-63-55-81(56-64-88)94-92(76-33-17-5-18-34-76)98(78-37-21-7-22-38-78)104(107)101(94)85-49-43-73(44-50-85)70-27-11-2-12-28-70/h1-68H. The van der Waals surface area contributed by atoms with Gasteiger partial charge in [0.05, 0.1) is 0 Å². The van der Waals surface area contributed by atoms with Crippen LogP contribution in [0.4, 0.5) is 0 Å². The Morgan fingerprint density at radius 3 is 0.391 bits per heavy atom. The van der Waals surface area contributed by atoms with E-state index in [1.54, 1.807) is 0 Å². The van der Waals surface area contributed by atoms with Crippen LogP contribution < -0.4 is 9.47 Å². The summed E-state index contributed by atoms with van der Waals surface area (Å²) in [6, 6.07) is 138. The van der Waals surface area contributed by atoms with E-state index >= 15 is 14.4 Å². The van der Waals surface area contributed by atoms with Crippen molar-refractivity contribution in [2.45, 2.75) is 0 Å². The lowest BCUT2D eigenvalue weighted by atomic mass is 9.89. The molecule has 0 amide bonds. The molecular formula is C105H68O5. The molecule has 0 spiro atoms. The van der Waals surface area contributed by atoms with Crippen molar-refractivity contribution >= 4 is 84.2 Å². The second kappa shape index (κ2) is 29.7. The van der Waals surface area contributed by atoms with Crippen LogP contribution in [-0.4, -0.2) is 17.3 Å². The Bertz CT molecular complexity index is 6190. The van der Waals surface area contributed by atoms with Crippen LogP contribution >= 0.6 is 0 Å². The normalized spacial score (nSPS) is 13.7. The van der Waals surface area contributed by atoms with E-state index in [1.165, 1.54) is 0 Å². The Labute approximate surface area is 639 Å². The molecule has 5 nitrogen and oxygen atoms in total. The molecule has 15 aromatic rings. The summed E-state index contributed by atoms with van der Waals surface area (Å²) in [5, 5.41) is 0. The third-order valence-corrected chi connectivity index (χ3v) is 20.8. The van der Waals surface area contributed by atoms with Crippen LogP contribution in [0, 0.1) is 0 Å². The van der Waals surface area contributed by atoms with E-state index < -0.39 is 0 Å². The Morgan fingerprint density at radius 2 is 0.218 bits per heavy atom. The number of benzene rings is 15. The number of allylic oxidation sites excluding steroid dienone is 12. The highest BCUT2D eigenvalue weighted by Gasteiger charge is 2.39. The molecule has 0 fully saturated rings. The van der Waals surface area contributed by atoms with Gasteiger partial charge in [-0.1, -0.05) is 364 Å². The first-order valence-electron chi connectivity index (χ1n) is 37.0. The molecule has 3 aliphatic carbocycles. The van der Waals surface area contributed by atoms with Crippen LogP contribution in [0.15, 0.2) is 413 Å². The molecule has 0 aliphatic heterocycles. The maximum Gasteiger partial charge on any atom is 0.195 e. The predicted octanol–water partition coefficient (Wildman–Crippen LogP) is 25.6. The first-order valence-corrected chi connectivity index (χ1v) is 37.0. The zero-order valence-corrected chi connectivity index (χ0v) is 59.8. The van der Waals surface area contributed by atoms with Crippen LogP contribution in [0.25, 0.3) is 100 Å². The van der Waals surface area contributed by atoms with Crippen molar-refractivity contribution in [3.63, 3.8) is 0 Å². The Balaban J connectivity index is 0.687. The van der Waals surface area contributed by atoms with Gasteiger partial charge in [-0.05, 0) is 149 Å². The average Bonchev–Trinajstić information content (AvgIpc) is 1.60. The van der Waals surface area contributed by atoms with E-state index in [0.29, 0.717) is 56.4 Å². The predicted molar refractivity (Wildman–Crippen MR) is 450 cm³/mol. The fourth-order valence-corrected chi connectivity index (χ4v) is 15.6. The third kappa shape index (κ3) is 13.0. The molecule has 0 aromatic heterocycles. The number of carbonyl (C=O) groups is 3. The summed E-state index contributed by atoms with van der Waals surface area (Å²) in [6.07, 6.45) is 0. The van der Waals surface area contributed by atoms with Crippen LogP contribution in [0.2, 0.25) is 0 Å². The number of ether oxygens (including phenoxy) is 2. The molecule has 0 radical (unpaired) electrons. The largest absolute Gasteiger partial charge is 0.457 e. The molecule has 0 saturated carbocycles. The van der Waals surface area contributed by atoms with Gasteiger partial charge >= 0.3 is 0 Å². The minimum absolute atomic E-state index is 0.0350. The lowest BCUT2D eigenvalue weighted by Crippen LogP contribution is -2.02. The Morgan fingerprint density at radius 1 is 0.109 bits per heavy atom. The molecular weight excluding hydrogens is 1340 g/mol. The van der Waals surface area contributed by atoms with Crippen LogP contribution in [0.3, 0.4) is 0 Å². The smallest absolute Gasteiger partial charge is 0.195 e. The first-order chi connectivity index (χ1) is 54.3. The first kappa shape index (κ1) is 67.2. The van der Waals surface area contributed by atoms with Crippen LogP contribution in [0.1, 0.15) is 66.8 Å². The summed E-state index contributed by atoms with van der Waals surface area (Å²) >= 11 is 0. The highest BCUT2D eigenvalue weighted by atomic mass is 16.5. The summed E-state index contributed by atoms with van der Waals surface area (Å²) in [6.45, 7) is 0. The second-order valence-electron chi connectivity index (χ2n) is 27.4. The van der Waals surface area contributed by atoms with Crippen molar-refractivity contribution in [2.24, 2.45) is 0 Å². The van der Waals surface area contributed by atoms with Gasteiger partial charge in [-0.25, -0.2) is 0 Å². The molecule has 0 unspecified atom stereocenters. The van der Waals surface area contributed by atoms with Gasteiger partial charge in [0.2, 0.25) is 0 Å². The van der Waals surface area contributed by atoms with Crippen molar-refractivity contribution in [3.8, 4) is 56.4 Å². The van der Waals surface area contributed by atoms with Gasteiger partial charge in [0.15, 0.2) is 17.3 Å². The SMILES string of the molecule is O=C1C(c2ccccc2)=C(c2ccccc2)C(c2ccc(Oc3ccc(C4=C(c5ccccc5)C(=O)C(c5ccc(-c6ccccc6)cc5)=C4c4ccc(Oc5ccc(C6=C(c7ccc(-c8ccccc8)cc7)C(=O)C(c7ccccc7)=C6c6ccccc6)cc5)cc4)cc3)cc2)=C1c1ccc(-c2ccccc2)cc1. The zero-order chi connectivity index (χ0) is 73.9. The van der Waals surface area contributed by atoms with E-state index in [1.807, 2.05) is 279 Å². The number of hydrogen-bond donors (Lipinski definition) is 0. The monoisotopic (exact) mass is 1410 g/mol. The fraction of sp³-hybridized carbons (Fsp3) is 0. The van der Waals surface area contributed by atoms with Gasteiger partial charge in [-0.3, -0.25) is 14.4 Å². The summed E-state index contributed by atoms with van der Waals surface area (Å²) in [5.41, 5.74) is 25.5. The fourth-order valence-electron chi connectivity index (χ4n) is 15.6. The highest BCUT2D eigenvalue weighted by Crippen LogP contribution is 2.54. The summed E-state index contributed by atoms with van der Waals surface area (Å²) in [7, 11) is 0.